The molecule has 122 valence electrons. The summed E-state index contributed by atoms with van der Waals surface area (Å²) in [6.07, 6.45) is 1.68. The largest absolute Gasteiger partial charge is 0.361 e. The van der Waals surface area contributed by atoms with Crippen LogP contribution in [0.4, 0.5) is 5.69 Å². The van der Waals surface area contributed by atoms with Crippen LogP contribution in [-0.2, 0) is 5.75 Å². The summed E-state index contributed by atoms with van der Waals surface area (Å²) in [6.45, 7) is 3.84. The molecular weight excluding hydrogens is 322 g/mol. The molecule has 0 aliphatic heterocycles. The average Bonchev–Trinajstić information content (AvgIpc) is 2.99. The highest BCUT2D eigenvalue weighted by Gasteiger charge is 2.14. The van der Waals surface area contributed by atoms with Gasteiger partial charge in [0.15, 0.2) is 0 Å². The Morgan fingerprint density at radius 1 is 1.21 bits per heavy atom. The molecule has 0 saturated carbocycles. The first-order valence-electron chi connectivity index (χ1n) is 7.50. The molecule has 0 bridgehead atoms. The molecule has 3 rings (SSSR count). The third kappa shape index (κ3) is 4.02. The standard InChI is InChI=1S/C18H17N3O2S/c1-12-5-3-6-14(9-12)20-17(22)16-7-4-8-19-18(16)24-11-15-10-13(2)23-21-15/h3-10H,11H2,1-2H3,(H,20,22). The topological polar surface area (TPSA) is 68.0 Å². The van der Waals surface area contributed by atoms with Crippen LogP contribution < -0.4 is 5.32 Å². The number of hydrogen-bond acceptors (Lipinski definition) is 5. The fourth-order valence-corrected chi connectivity index (χ4v) is 3.10. The van der Waals surface area contributed by atoms with Gasteiger partial charge in [-0.3, -0.25) is 4.79 Å². The van der Waals surface area contributed by atoms with Gasteiger partial charge in [0.1, 0.15) is 10.8 Å². The lowest BCUT2D eigenvalue weighted by atomic mass is 10.2. The molecule has 24 heavy (non-hydrogen) atoms. The highest BCUT2D eigenvalue weighted by molar-refractivity contribution is 7.98. The van der Waals surface area contributed by atoms with Gasteiger partial charge in [-0.15, -0.1) is 0 Å². The fraction of sp³-hybridized carbons (Fsp3) is 0.167. The van der Waals surface area contributed by atoms with Gasteiger partial charge in [0.05, 0.1) is 11.3 Å². The highest BCUT2D eigenvalue weighted by Crippen LogP contribution is 2.25. The van der Waals surface area contributed by atoms with Crippen LogP contribution in [0.3, 0.4) is 0 Å². The number of thioether (sulfide) groups is 1. The molecule has 2 aromatic heterocycles. The number of anilines is 1. The van der Waals surface area contributed by atoms with Crippen molar-refractivity contribution in [1.82, 2.24) is 10.1 Å². The molecule has 5 nitrogen and oxygen atoms in total. The third-order valence-corrected chi connectivity index (χ3v) is 4.36. The summed E-state index contributed by atoms with van der Waals surface area (Å²) in [7, 11) is 0. The number of nitrogens with one attached hydrogen (secondary N) is 1. The fourth-order valence-electron chi connectivity index (χ4n) is 2.23. The van der Waals surface area contributed by atoms with Crippen molar-refractivity contribution >= 4 is 23.4 Å². The first-order valence-corrected chi connectivity index (χ1v) is 8.48. The van der Waals surface area contributed by atoms with Gasteiger partial charge < -0.3 is 9.84 Å². The molecule has 1 amide bonds. The molecule has 0 aliphatic rings. The van der Waals surface area contributed by atoms with Crippen molar-refractivity contribution in [3.05, 3.63) is 71.2 Å². The number of aromatic nitrogens is 2. The van der Waals surface area contributed by atoms with E-state index >= 15 is 0 Å². The Morgan fingerprint density at radius 2 is 2.08 bits per heavy atom. The van der Waals surface area contributed by atoms with Gasteiger partial charge in [-0.1, -0.05) is 29.1 Å². The minimum atomic E-state index is -0.174. The van der Waals surface area contributed by atoms with Crippen LogP contribution in [0.15, 0.2) is 58.2 Å². The molecule has 0 spiro atoms. The number of carbonyl (C=O) groups is 1. The molecule has 2 heterocycles. The number of carbonyl (C=O) groups excluding carboxylic acids is 1. The van der Waals surface area contributed by atoms with Crippen LogP contribution in [-0.4, -0.2) is 16.0 Å². The lowest BCUT2D eigenvalue weighted by Crippen LogP contribution is -2.13. The molecule has 0 saturated heterocycles. The second-order valence-corrected chi connectivity index (χ2v) is 6.36. The Labute approximate surface area is 144 Å². The minimum absolute atomic E-state index is 0.174. The molecule has 0 radical (unpaired) electrons. The van der Waals surface area contributed by atoms with E-state index in [-0.39, 0.29) is 5.91 Å². The summed E-state index contributed by atoms with van der Waals surface area (Å²) < 4.78 is 5.06. The summed E-state index contributed by atoms with van der Waals surface area (Å²) in [5.41, 5.74) is 3.24. The molecule has 1 aromatic carbocycles. The second-order valence-electron chi connectivity index (χ2n) is 5.40. The van der Waals surface area contributed by atoms with Crippen molar-refractivity contribution < 1.29 is 9.32 Å². The number of benzene rings is 1. The van der Waals surface area contributed by atoms with Crippen molar-refractivity contribution in [1.29, 1.82) is 0 Å². The van der Waals surface area contributed by atoms with Gasteiger partial charge in [0.2, 0.25) is 0 Å². The monoisotopic (exact) mass is 339 g/mol. The van der Waals surface area contributed by atoms with Crippen LogP contribution in [0, 0.1) is 13.8 Å². The van der Waals surface area contributed by atoms with E-state index in [2.05, 4.69) is 15.5 Å². The van der Waals surface area contributed by atoms with Gasteiger partial charge in [-0.05, 0) is 43.7 Å². The molecule has 6 heteroatoms. The van der Waals surface area contributed by atoms with Crippen LogP contribution in [0.2, 0.25) is 0 Å². The van der Waals surface area contributed by atoms with Gasteiger partial charge in [0.25, 0.3) is 5.91 Å². The first-order chi connectivity index (χ1) is 11.6. The lowest BCUT2D eigenvalue weighted by molar-refractivity contribution is 0.102. The van der Waals surface area contributed by atoms with Crippen molar-refractivity contribution in [2.24, 2.45) is 0 Å². The zero-order chi connectivity index (χ0) is 16.9. The normalized spacial score (nSPS) is 10.6. The number of pyridine rings is 1. The molecule has 0 atom stereocenters. The summed E-state index contributed by atoms with van der Waals surface area (Å²) in [5.74, 6) is 1.19. The van der Waals surface area contributed by atoms with E-state index in [4.69, 9.17) is 4.52 Å². The molecule has 0 aliphatic carbocycles. The van der Waals surface area contributed by atoms with Crippen LogP contribution in [0.5, 0.6) is 0 Å². The Morgan fingerprint density at radius 3 is 2.83 bits per heavy atom. The first kappa shape index (κ1) is 16.3. The van der Waals surface area contributed by atoms with Crippen LogP contribution in [0.1, 0.15) is 27.4 Å². The smallest absolute Gasteiger partial charge is 0.258 e. The molecular formula is C18H17N3O2S. The lowest BCUT2D eigenvalue weighted by Gasteiger charge is -2.09. The third-order valence-electron chi connectivity index (χ3n) is 3.33. The maximum atomic E-state index is 12.6. The van der Waals surface area contributed by atoms with E-state index in [9.17, 15) is 4.79 Å². The van der Waals surface area contributed by atoms with Gasteiger partial charge in [-0.2, -0.15) is 0 Å². The quantitative estimate of drug-likeness (QED) is 0.705. The summed E-state index contributed by atoms with van der Waals surface area (Å²) in [4.78, 5) is 16.9. The van der Waals surface area contributed by atoms with Crippen LogP contribution >= 0.6 is 11.8 Å². The van der Waals surface area contributed by atoms with Gasteiger partial charge >= 0.3 is 0 Å². The Balaban J connectivity index is 1.74. The zero-order valence-corrected chi connectivity index (χ0v) is 14.3. The predicted octanol–water partition coefficient (Wildman–Crippen LogP) is 4.23. The maximum absolute atomic E-state index is 12.6. The van der Waals surface area contributed by atoms with E-state index in [1.807, 2.05) is 44.2 Å². The maximum Gasteiger partial charge on any atom is 0.258 e. The molecule has 3 aromatic rings. The van der Waals surface area contributed by atoms with Crippen molar-refractivity contribution in [2.45, 2.75) is 24.6 Å². The Kier molecular flexibility index (Phi) is 4.96. The number of aryl methyl sites for hydroxylation is 2. The Bertz CT molecular complexity index is 861. The summed E-state index contributed by atoms with van der Waals surface area (Å²) >= 11 is 1.46. The molecule has 0 fully saturated rings. The Hall–Kier alpha value is -2.60. The number of amides is 1. The number of rotatable bonds is 5. The van der Waals surface area contributed by atoms with E-state index in [1.165, 1.54) is 11.8 Å². The minimum Gasteiger partial charge on any atom is -0.361 e. The van der Waals surface area contributed by atoms with E-state index in [0.717, 1.165) is 22.7 Å². The van der Waals surface area contributed by atoms with Gasteiger partial charge in [-0.25, -0.2) is 4.98 Å². The number of hydrogen-bond donors (Lipinski definition) is 1. The predicted molar refractivity (Wildman–Crippen MR) is 94.2 cm³/mol. The SMILES string of the molecule is Cc1cccc(NC(=O)c2cccnc2SCc2cc(C)on2)c1. The number of nitrogens with zero attached hydrogens (tertiary/aromatic N) is 2. The van der Waals surface area contributed by atoms with Crippen molar-refractivity contribution in [2.75, 3.05) is 5.32 Å². The summed E-state index contributed by atoms with van der Waals surface area (Å²) in [5, 5.41) is 7.54. The van der Waals surface area contributed by atoms with E-state index in [0.29, 0.717) is 16.3 Å². The van der Waals surface area contributed by atoms with Gasteiger partial charge in [0, 0.05) is 23.7 Å². The van der Waals surface area contributed by atoms with E-state index < -0.39 is 0 Å². The van der Waals surface area contributed by atoms with Crippen LogP contribution in [0.25, 0.3) is 0 Å². The molecule has 0 unspecified atom stereocenters. The van der Waals surface area contributed by atoms with E-state index in [1.54, 1.807) is 18.3 Å². The second kappa shape index (κ2) is 7.31. The zero-order valence-electron chi connectivity index (χ0n) is 13.4. The van der Waals surface area contributed by atoms with Crippen molar-refractivity contribution in [3.63, 3.8) is 0 Å². The highest BCUT2D eigenvalue weighted by atomic mass is 32.2. The summed E-state index contributed by atoms with van der Waals surface area (Å²) in [6, 6.07) is 13.1. The average molecular weight is 339 g/mol. The van der Waals surface area contributed by atoms with Crippen molar-refractivity contribution in [3.8, 4) is 0 Å². The molecule has 1 N–H and O–H groups in total.